The lowest BCUT2D eigenvalue weighted by atomic mass is 9.81. The monoisotopic (exact) mass is 505 g/mol. The Morgan fingerprint density at radius 3 is 2.05 bits per heavy atom. The Morgan fingerprint density at radius 1 is 0.769 bits per heavy atom. The summed E-state index contributed by atoms with van der Waals surface area (Å²) in [5.74, 6) is 0. The second-order valence-electron chi connectivity index (χ2n) is 9.21. The molecule has 1 nitrogen and oxygen atoms in total. The third kappa shape index (κ3) is 5.54. The molecule has 39 heavy (non-hydrogen) atoms. The second kappa shape index (κ2) is 12.6. The first-order valence-electron chi connectivity index (χ1n) is 13.1. The molecule has 192 valence electrons. The summed E-state index contributed by atoms with van der Waals surface area (Å²) in [6.45, 7) is 21.0. The Hall–Kier alpha value is -4.88. The first-order chi connectivity index (χ1) is 19.0. The van der Waals surface area contributed by atoms with Gasteiger partial charge in [0.25, 0.3) is 0 Å². The van der Waals surface area contributed by atoms with Crippen LogP contribution in [-0.4, -0.2) is 4.57 Å². The molecule has 0 atom stereocenters. The first-order valence-corrected chi connectivity index (χ1v) is 13.1. The summed E-state index contributed by atoms with van der Waals surface area (Å²) in [5.41, 5.74) is 11.9. The number of hydrogen-bond donors (Lipinski definition) is 0. The molecule has 0 bridgehead atoms. The average Bonchev–Trinajstić information content (AvgIpc) is 3.47. The molecule has 1 heterocycles. The predicted octanol–water partition coefficient (Wildman–Crippen LogP) is 10.6. The quantitative estimate of drug-likeness (QED) is 0.189. The van der Waals surface area contributed by atoms with E-state index >= 15 is 0 Å². The van der Waals surface area contributed by atoms with Crippen molar-refractivity contribution in [2.45, 2.75) is 13.8 Å². The highest BCUT2D eigenvalue weighted by molar-refractivity contribution is 5.96. The highest BCUT2D eigenvalue weighted by atomic mass is 15.0. The van der Waals surface area contributed by atoms with Crippen LogP contribution in [0, 0.1) is 6.92 Å². The maximum absolute atomic E-state index is 4.44. The van der Waals surface area contributed by atoms with E-state index in [1.807, 2.05) is 55.5 Å². The van der Waals surface area contributed by atoms with Gasteiger partial charge in [0, 0.05) is 11.9 Å². The van der Waals surface area contributed by atoms with Gasteiger partial charge in [-0.25, -0.2) is 0 Å². The van der Waals surface area contributed by atoms with Crippen molar-refractivity contribution in [3.05, 3.63) is 169 Å². The van der Waals surface area contributed by atoms with Crippen LogP contribution in [0.5, 0.6) is 0 Å². The molecule has 0 radical (unpaired) electrons. The Kier molecular flexibility index (Phi) is 8.76. The zero-order valence-electron chi connectivity index (χ0n) is 22.9. The largest absolute Gasteiger partial charge is 0.317 e. The summed E-state index contributed by atoms with van der Waals surface area (Å²) in [7, 11) is 0. The summed E-state index contributed by atoms with van der Waals surface area (Å²) in [4.78, 5) is 0. The Bertz CT molecular complexity index is 1600. The Labute approximate surface area is 233 Å². The fourth-order valence-corrected chi connectivity index (χ4v) is 5.11. The molecule has 0 fully saturated rings. The third-order valence-corrected chi connectivity index (χ3v) is 6.84. The van der Waals surface area contributed by atoms with E-state index in [-0.39, 0.29) is 0 Å². The average molecular weight is 506 g/mol. The van der Waals surface area contributed by atoms with Crippen LogP contribution in [0.3, 0.4) is 0 Å². The van der Waals surface area contributed by atoms with E-state index in [1.165, 1.54) is 5.56 Å². The zero-order valence-corrected chi connectivity index (χ0v) is 22.9. The second-order valence-corrected chi connectivity index (χ2v) is 9.21. The number of benzene rings is 3. The van der Waals surface area contributed by atoms with Gasteiger partial charge in [-0.1, -0.05) is 123 Å². The fraction of sp³-hybridized carbons (Fsp3) is 0.0526. The number of rotatable bonds is 10. The molecule has 1 aromatic heterocycles. The minimum absolute atomic E-state index is 0.920. The molecular weight excluding hydrogens is 470 g/mol. The standard InChI is InChI=1S/C38H35N/c1-7-18-30(19-8-2)38-34(10-4)33(9-3)37(31-20-13-11-14-21-31)29(6)35(38)26-25-28(5)36-24-17-27-39(36)32-22-15-12-16-23-32/h7-27H,1,3-5H2,2,6H3/b19-8-,26-25-,30-18+. The van der Waals surface area contributed by atoms with Gasteiger partial charge in [0.15, 0.2) is 0 Å². The number of allylic oxidation sites excluding steroid dienone is 7. The molecule has 0 unspecified atom stereocenters. The van der Waals surface area contributed by atoms with Gasteiger partial charge in [0.1, 0.15) is 0 Å². The van der Waals surface area contributed by atoms with Crippen molar-refractivity contribution in [2.24, 2.45) is 0 Å². The summed E-state index contributed by atoms with van der Waals surface area (Å²) < 4.78 is 2.16. The van der Waals surface area contributed by atoms with Gasteiger partial charge in [-0.2, -0.15) is 0 Å². The van der Waals surface area contributed by atoms with Gasteiger partial charge in [-0.15, -0.1) is 0 Å². The summed E-state index contributed by atoms with van der Waals surface area (Å²) in [6.07, 6.45) is 18.3. The van der Waals surface area contributed by atoms with E-state index in [1.54, 1.807) is 0 Å². The van der Waals surface area contributed by atoms with Gasteiger partial charge < -0.3 is 4.57 Å². The minimum atomic E-state index is 0.920. The molecule has 4 aromatic rings. The molecular formula is C38H35N. The predicted molar refractivity (Wildman–Crippen MR) is 174 cm³/mol. The van der Waals surface area contributed by atoms with Crippen LogP contribution in [0.15, 0.2) is 136 Å². The molecule has 0 N–H and O–H groups in total. The van der Waals surface area contributed by atoms with E-state index in [0.29, 0.717) is 0 Å². The van der Waals surface area contributed by atoms with Crippen molar-refractivity contribution in [3.8, 4) is 16.8 Å². The third-order valence-electron chi connectivity index (χ3n) is 6.84. The smallest absolute Gasteiger partial charge is 0.0522 e. The van der Waals surface area contributed by atoms with Crippen molar-refractivity contribution in [2.75, 3.05) is 0 Å². The number of nitrogens with zero attached hydrogens (tertiary/aromatic N) is 1. The molecule has 3 aromatic carbocycles. The van der Waals surface area contributed by atoms with Gasteiger partial charge in [-0.05, 0) is 88.2 Å². The van der Waals surface area contributed by atoms with Crippen molar-refractivity contribution < 1.29 is 0 Å². The van der Waals surface area contributed by atoms with Crippen LogP contribution in [0.1, 0.15) is 40.4 Å². The molecule has 4 rings (SSSR count). The van der Waals surface area contributed by atoms with Crippen LogP contribution in [0.4, 0.5) is 0 Å². The van der Waals surface area contributed by atoms with E-state index in [0.717, 1.165) is 55.9 Å². The van der Waals surface area contributed by atoms with E-state index in [9.17, 15) is 0 Å². The maximum Gasteiger partial charge on any atom is 0.0522 e. The molecule has 0 aliphatic carbocycles. The lowest BCUT2D eigenvalue weighted by Crippen LogP contribution is -2.03. The van der Waals surface area contributed by atoms with E-state index in [4.69, 9.17) is 0 Å². The van der Waals surface area contributed by atoms with Crippen LogP contribution < -0.4 is 0 Å². The maximum atomic E-state index is 4.44. The first kappa shape index (κ1) is 27.2. The molecule has 0 aliphatic heterocycles. The number of hydrogen-bond acceptors (Lipinski definition) is 0. The van der Waals surface area contributed by atoms with Gasteiger partial charge >= 0.3 is 0 Å². The fourth-order valence-electron chi connectivity index (χ4n) is 5.11. The highest BCUT2D eigenvalue weighted by Crippen LogP contribution is 2.41. The van der Waals surface area contributed by atoms with Gasteiger partial charge in [0.2, 0.25) is 0 Å². The summed E-state index contributed by atoms with van der Waals surface area (Å²) in [6, 6.07) is 24.9. The molecule has 0 amide bonds. The van der Waals surface area contributed by atoms with E-state index in [2.05, 4.69) is 117 Å². The van der Waals surface area contributed by atoms with Crippen molar-refractivity contribution in [1.82, 2.24) is 4.57 Å². The normalized spacial score (nSPS) is 11.7. The molecule has 1 heteroatoms. The minimum Gasteiger partial charge on any atom is -0.317 e. The SMILES string of the molecule is C=C/C=C(\C=C/C)c1c(C=C)c(C=C)c(-c2ccccc2)c(C)c1/C=C\C(=C)c1cccn1-c1ccccc1. The number of para-hydroxylation sites is 1. The number of aromatic nitrogens is 1. The highest BCUT2D eigenvalue weighted by Gasteiger charge is 2.20. The van der Waals surface area contributed by atoms with Gasteiger partial charge in [-0.3, -0.25) is 0 Å². The Morgan fingerprint density at radius 2 is 1.44 bits per heavy atom. The lowest BCUT2D eigenvalue weighted by molar-refractivity contribution is 1.06. The van der Waals surface area contributed by atoms with Crippen LogP contribution in [0.25, 0.3) is 46.2 Å². The van der Waals surface area contributed by atoms with Crippen LogP contribution in [-0.2, 0) is 0 Å². The summed E-state index contributed by atoms with van der Waals surface area (Å²) in [5, 5.41) is 0. The van der Waals surface area contributed by atoms with Crippen molar-refractivity contribution >= 4 is 29.4 Å². The topological polar surface area (TPSA) is 4.93 Å². The van der Waals surface area contributed by atoms with Crippen LogP contribution in [0.2, 0.25) is 0 Å². The zero-order chi connectivity index (χ0) is 27.8. The molecule has 0 saturated heterocycles. The van der Waals surface area contributed by atoms with E-state index < -0.39 is 0 Å². The lowest BCUT2D eigenvalue weighted by Gasteiger charge is -2.23. The van der Waals surface area contributed by atoms with Crippen LogP contribution >= 0.6 is 0 Å². The molecule has 0 aliphatic rings. The molecule has 0 saturated carbocycles. The van der Waals surface area contributed by atoms with Crippen molar-refractivity contribution in [1.29, 1.82) is 0 Å². The molecule has 0 spiro atoms. The van der Waals surface area contributed by atoms with Gasteiger partial charge in [0.05, 0.1) is 5.69 Å². The van der Waals surface area contributed by atoms with Crippen molar-refractivity contribution in [3.63, 3.8) is 0 Å². The summed E-state index contributed by atoms with van der Waals surface area (Å²) >= 11 is 0. The Balaban J connectivity index is 1.98.